The summed E-state index contributed by atoms with van der Waals surface area (Å²) in [4.78, 5) is 12.4. The molecule has 0 fully saturated rings. The van der Waals surface area contributed by atoms with Gasteiger partial charge in [0.25, 0.3) is 0 Å². The van der Waals surface area contributed by atoms with E-state index in [2.05, 4.69) is 0 Å². The fourth-order valence-electron chi connectivity index (χ4n) is 2.47. The van der Waals surface area contributed by atoms with Gasteiger partial charge < -0.3 is 9.47 Å². The lowest BCUT2D eigenvalue weighted by atomic mass is 9.91. The van der Waals surface area contributed by atoms with E-state index in [9.17, 15) is 13.2 Å². The maximum Gasteiger partial charge on any atom is 0.374 e. The minimum absolute atomic E-state index is 0.106. The van der Waals surface area contributed by atoms with Crippen molar-refractivity contribution in [3.63, 3.8) is 0 Å². The minimum Gasteiger partial charge on any atom is -0.486 e. The quantitative estimate of drug-likeness (QED) is 0.778. The molecule has 6 heteroatoms. The summed E-state index contributed by atoms with van der Waals surface area (Å²) in [7, 11) is -3.27. The van der Waals surface area contributed by atoms with E-state index in [1.807, 2.05) is 20.8 Å². The van der Waals surface area contributed by atoms with Crippen molar-refractivity contribution in [2.24, 2.45) is 5.41 Å². The molecule has 2 rings (SSSR count). The summed E-state index contributed by atoms with van der Waals surface area (Å²) in [6, 6.07) is 6.40. The van der Waals surface area contributed by atoms with Gasteiger partial charge in [-0.05, 0) is 37.0 Å². The fourth-order valence-corrected chi connectivity index (χ4v) is 3.10. The molecule has 0 saturated carbocycles. The third-order valence-corrected chi connectivity index (χ3v) is 4.71. The first kappa shape index (κ1) is 18.5. The highest BCUT2D eigenvalue weighted by molar-refractivity contribution is 7.90. The molecule has 1 aliphatic rings. The normalized spacial score (nSPS) is 17.8. The van der Waals surface area contributed by atoms with Crippen LogP contribution in [0.1, 0.15) is 40.2 Å². The highest BCUT2D eigenvalue weighted by atomic mass is 32.2. The van der Waals surface area contributed by atoms with Crippen LogP contribution < -0.4 is 0 Å². The molecule has 0 saturated heterocycles. The Labute approximate surface area is 143 Å². The Morgan fingerprint density at radius 3 is 2.12 bits per heavy atom. The zero-order chi connectivity index (χ0) is 18.3. The van der Waals surface area contributed by atoms with Crippen molar-refractivity contribution >= 4 is 21.4 Å². The van der Waals surface area contributed by atoms with E-state index in [-0.39, 0.29) is 16.1 Å². The number of ether oxygens (including phenoxy) is 2. The van der Waals surface area contributed by atoms with Crippen LogP contribution in [0.2, 0.25) is 0 Å². The van der Waals surface area contributed by atoms with Gasteiger partial charge in [0.1, 0.15) is 5.60 Å². The van der Waals surface area contributed by atoms with Crippen LogP contribution in [-0.4, -0.2) is 32.9 Å². The molecule has 0 N–H and O–H groups in total. The van der Waals surface area contributed by atoms with Crippen LogP contribution in [0.5, 0.6) is 0 Å². The van der Waals surface area contributed by atoms with E-state index < -0.39 is 21.4 Å². The molecule has 24 heavy (non-hydrogen) atoms. The number of hydrogen-bond donors (Lipinski definition) is 0. The summed E-state index contributed by atoms with van der Waals surface area (Å²) in [5.41, 5.74) is 0.404. The third-order valence-electron chi connectivity index (χ3n) is 3.58. The molecule has 0 radical (unpaired) electrons. The second kappa shape index (κ2) is 5.92. The molecule has 1 aliphatic heterocycles. The van der Waals surface area contributed by atoms with E-state index in [0.717, 1.165) is 6.26 Å². The van der Waals surface area contributed by atoms with Crippen LogP contribution in [0.15, 0.2) is 34.9 Å². The van der Waals surface area contributed by atoms with Crippen LogP contribution in [0, 0.1) is 5.41 Å². The fraction of sp³-hybridized carbons (Fsp3) is 0.500. The van der Waals surface area contributed by atoms with Gasteiger partial charge in [-0.1, -0.05) is 32.9 Å². The molecule has 132 valence electrons. The zero-order valence-corrected chi connectivity index (χ0v) is 15.8. The second-order valence-electron chi connectivity index (χ2n) is 7.75. The van der Waals surface area contributed by atoms with E-state index in [4.69, 9.17) is 9.47 Å². The first-order valence-corrected chi connectivity index (χ1v) is 9.62. The van der Waals surface area contributed by atoms with Gasteiger partial charge in [0.2, 0.25) is 5.76 Å². The number of cyclic esters (lactones) is 1. The summed E-state index contributed by atoms with van der Waals surface area (Å²) in [5, 5.41) is 0. The molecular formula is C18H24O5S. The Hall–Kier alpha value is -1.82. The largest absolute Gasteiger partial charge is 0.486 e. The van der Waals surface area contributed by atoms with E-state index in [1.54, 1.807) is 26.0 Å². The Balaban J connectivity index is 2.48. The lowest BCUT2D eigenvalue weighted by molar-refractivity contribution is -0.147. The number of sulfone groups is 1. The minimum atomic E-state index is -3.27. The molecule has 0 aliphatic carbocycles. The van der Waals surface area contributed by atoms with Crippen molar-refractivity contribution in [3.05, 3.63) is 35.6 Å². The predicted molar refractivity (Wildman–Crippen MR) is 92.0 cm³/mol. The highest BCUT2D eigenvalue weighted by Crippen LogP contribution is 2.40. The average molecular weight is 352 g/mol. The number of esters is 1. The molecule has 0 amide bonds. The van der Waals surface area contributed by atoms with Gasteiger partial charge in [0.15, 0.2) is 9.84 Å². The van der Waals surface area contributed by atoms with E-state index in [1.165, 1.54) is 12.1 Å². The van der Waals surface area contributed by atoms with E-state index in [0.29, 0.717) is 17.7 Å². The Bertz CT molecular complexity index is 778. The number of carbonyl (C=O) groups excluding carboxylic acids is 1. The monoisotopic (exact) mass is 352 g/mol. The van der Waals surface area contributed by atoms with Crippen LogP contribution in [0.4, 0.5) is 0 Å². The number of rotatable bonds is 4. The Morgan fingerprint density at radius 1 is 1.12 bits per heavy atom. The van der Waals surface area contributed by atoms with Crippen molar-refractivity contribution in [1.82, 2.24) is 0 Å². The second-order valence-corrected chi connectivity index (χ2v) is 9.77. The van der Waals surface area contributed by atoms with Crippen molar-refractivity contribution in [2.45, 2.75) is 45.1 Å². The lowest BCUT2D eigenvalue weighted by Gasteiger charge is -2.22. The van der Waals surface area contributed by atoms with Crippen LogP contribution in [-0.2, 0) is 24.1 Å². The topological polar surface area (TPSA) is 69.7 Å². The summed E-state index contributed by atoms with van der Waals surface area (Å²) in [6.07, 6.45) is 1.16. The standard InChI is InChI=1S/C18H24O5S/c1-17(2,3)11-22-15-14(18(4,5)23-16(15)19)12-7-9-13(10-8-12)24(6,20)21/h7-10H,11H2,1-6H3. The SMILES string of the molecule is CC(C)(C)COC1=C(c2ccc(S(C)(=O)=O)cc2)C(C)(C)OC1=O. The average Bonchev–Trinajstić information content (AvgIpc) is 2.63. The first-order chi connectivity index (χ1) is 10.8. The third kappa shape index (κ3) is 3.98. The smallest absolute Gasteiger partial charge is 0.374 e. The molecule has 0 aromatic heterocycles. The summed E-state index contributed by atoms with van der Waals surface area (Å²) < 4.78 is 34.4. The van der Waals surface area contributed by atoms with Crippen molar-refractivity contribution < 1.29 is 22.7 Å². The molecular weight excluding hydrogens is 328 g/mol. The number of benzene rings is 1. The van der Waals surface area contributed by atoms with Gasteiger partial charge in [-0.3, -0.25) is 0 Å². The lowest BCUT2D eigenvalue weighted by Crippen LogP contribution is -2.22. The molecule has 1 aromatic carbocycles. The molecule has 0 unspecified atom stereocenters. The first-order valence-electron chi connectivity index (χ1n) is 7.73. The molecule has 5 nitrogen and oxygen atoms in total. The number of hydrogen-bond acceptors (Lipinski definition) is 5. The Kier molecular flexibility index (Phi) is 4.57. The summed E-state index contributed by atoms with van der Waals surface area (Å²) in [6.45, 7) is 9.99. The van der Waals surface area contributed by atoms with Crippen LogP contribution in [0.25, 0.3) is 5.57 Å². The van der Waals surface area contributed by atoms with Gasteiger partial charge in [-0.2, -0.15) is 0 Å². The predicted octanol–water partition coefficient (Wildman–Crippen LogP) is 3.20. The molecule has 0 bridgehead atoms. The van der Waals surface area contributed by atoms with Gasteiger partial charge in [0.05, 0.1) is 17.1 Å². The zero-order valence-electron chi connectivity index (χ0n) is 15.0. The Morgan fingerprint density at radius 2 is 1.67 bits per heavy atom. The van der Waals surface area contributed by atoms with E-state index >= 15 is 0 Å². The molecule has 0 spiro atoms. The molecule has 1 heterocycles. The van der Waals surface area contributed by atoms with Crippen molar-refractivity contribution in [2.75, 3.05) is 12.9 Å². The molecule has 0 atom stereocenters. The summed E-state index contributed by atoms with van der Waals surface area (Å²) >= 11 is 0. The summed E-state index contributed by atoms with van der Waals surface area (Å²) in [5.74, 6) is -0.298. The van der Waals surface area contributed by atoms with Gasteiger partial charge in [-0.25, -0.2) is 13.2 Å². The van der Waals surface area contributed by atoms with Crippen molar-refractivity contribution in [3.8, 4) is 0 Å². The van der Waals surface area contributed by atoms with Crippen molar-refractivity contribution in [1.29, 1.82) is 0 Å². The maximum atomic E-state index is 12.2. The van der Waals surface area contributed by atoms with Gasteiger partial charge in [-0.15, -0.1) is 0 Å². The number of carbonyl (C=O) groups is 1. The highest BCUT2D eigenvalue weighted by Gasteiger charge is 2.43. The molecule has 1 aromatic rings. The maximum absolute atomic E-state index is 12.2. The van der Waals surface area contributed by atoms with Gasteiger partial charge >= 0.3 is 5.97 Å². The van der Waals surface area contributed by atoms with Crippen LogP contribution >= 0.6 is 0 Å². The van der Waals surface area contributed by atoms with Gasteiger partial charge in [0, 0.05) is 6.26 Å². The van der Waals surface area contributed by atoms with Crippen LogP contribution in [0.3, 0.4) is 0 Å².